The Morgan fingerprint density at radius 2 is 1.33 bits per heavy atom. The zero-order valence-corrected chi connectivity index (χ0v) is 9.62. The molecule has 0 aliphatic rings. The minimum atomic E-state index is 0.434. The van der Waals surface area contributed by atoms with Crippen molar-refractivity contribution < 1.29 is 0 Å². The van der Waals surface area contributed by atoms with E-state index in [1.807, 2.05) is 0 Å². The van der Waals surface area contributed by atoms with Gasteiger partial charge in [0, 0.05) is 9.12 Å². The molecule has 0 radical (unpaired) electrons. The van der Waals surface area contributed by atoms with E-state index in [0.29, 0.717) is 9.12 Å². The number of rotatable bonds is 2. The van der Waals surface area contributed by atoms with Crippen LogP contribution in [0.1, 0.15) is 49.9 Å². The van der Waals surface area contributed by atoms with Gasteiger partial charge in [-0.3, -0.25) is 0 Å². The lowest BCUT2D eigenvalue weighted by molar-refractivity contribution is 0.868. The summed E-state index contributed by atoms with van der Waals surface area (Å²) >= 11 is 0. The Balaban J connectivity index is 2.96. The van der Waals surface area contributed by atoms with Crippen LogP contribution in [0.4, 0.5) is 0 Å². The molecule has 0 saturated heterocycles. The van der Waals surface area contributed by atoms with E-state index in [1.54, 1.807) is 10.3 Å². The molecule has 0 unspecified atom stereocenters. The average Bonchev–Trinajstić information content (AvgIpc) is 2.04. The van der Waals surface area contributed by atoms with Crippen molar-refractivity contribution in [2.75, 3.05) is 0 Å². The molecule has 0 nitrogen and oxygen atoms in total. The Kier molecular flexibility index (Phi) is 3.21. The Hall–Kier alpha value is -0.433. The van der Waals surface area contributed by atoms with Crippen LogP contribution in [0.25, 0.3) is 0 Å². The summed E-state index contributed by atoms with van der Waals surface area (Å²) in [6.45, 7) is 9.15. The predicted octanol–water partition coefficient (Wildman–Crippen LogP) is 3.00. The Morgan fingerprint density at radius 1 is 0.917 bits per heavy atom. The summed E-state index contributed by atoms with van der Waals surface area (Å²) in [4.78, 5) is 0. The van der Waals surface area contributed by atoms with Crippen LogP contribution in [0, 0.1) is 0 Å². The zero-order valence-electron chi connectivity index (χ0n) is 8.46. The van der Waals surface area contributed by atoms with Gasteiger partial charge in [-0.25, -0.2) is 0 Å². The molecule has 0 amide bonds. The molecule has 0 spiro atoms. The summed E-state index contributed by atoms with van der Waals surface area (Å²) in [5, 5.41) is 3.31. The van der Waals surface area contributed by atoms with E-state index < -0.39 is 0 Å². The van der Waals surface area contributed by atoms with Crippen molar-refractivity contribution in [1.82, 2.24) is 0 Å². The lowest BCUT2D eigenvalue weighted by atomic mass is 10.1. The number of hydrogen-bond donors (Lipinski definition) is 0. The maximum atomic E-state index is 2.30. The summed E-state index contributed by atoms with van der Waals surface area (Å²) in [6, 6.07) is 6.80. The fourth-order valence-corrected chi connectivity index (χ4v) is 2.74. The molecule has 0 bridgehead atoms. The molecular weight excluding hydrogens is 160 g/mol. The first kappa shape index (κ1) is 9.65. The van der Waals surface area contributed by atoms with Crippen molar-refractivity contribution in [3.63, 3.8) is 0 Å². The first-order chi connectivity index (χ1) is 5.61. The normalized spacial score (nSPS) is 11.2. The lowest BCUT2D eigenvalue weighted by Gasteiger charge is -2.09. The minimum absolute atomic E-state index is 0.434. The van der Waals surface area contributed by atoms with Gasteiger partial charge in [0.25, 0.3) is 0 Å². The summed E-state index contributed by atoms with van der Waals surface area (Å²) in [5.74, 6) is 1.47. The van der Waals surface area contributed by atoms with Gasteiger partial charge in [0.15, 0.2) is 0 Å². The molecule has 1 heterocycles. The quantitative estimate of drug-likeness (QED) is 0.611. The van der Waals surface area contributed by atoms with Gasteiger partial charge in [-0.05, 0) is 11.8 Å². The molecule has 12 heavy (non-hydrogen) atoms. The second-order valence-corrected chi connectivity index (χ2v) is 5.60. The number of hydrogen-bond acceptors (Lipinski definition) is 0. The standard InChI is InChI=1S/C11H18Si/c1-8(2)10-6-5-7-11(12-10)9(3)4/h5-9,12H,1-4H3. The SMILES string of the molecule is CC(C)c1cccc(C(C)C)[siH]1. The van der Waals surface area contributed by atoms with Gasteiger partial charge in [-0.1, -0.05) is 56.2 Å². The van der Waals surface area contributed by atoms with Gasteiger partial charge < -0.3 is 0 Å². The minimum Gasteiger partial charge on any atom is -0.0641 e. The second-order valence-electron chi connectivity index (χ2n) is 3.98. The molecule has 0 N–H and O–H groups in total. The third kappa shape index (κ3) is 2.28. The Bertz CT molecular complexity index is 228. The molecule has 0 fully saturated rings. The van der Waals surface area contributed by atoms with E-state index >= 15 is 0 Å². The topological polar surface area (TPSA) is 0 Å². The van der Waals surface area contributed by atoms with Crippen molar-refractivity contribution in [2.24, 2.45) is 0 Å². The first-order valence-corrected chi connectivity index (χ1v) is 5.86. The van der Waals surface area contributed by atoms with Gasteiger partial charge in [-0.2, -0.15) is 0 Å². The highest BCUT2D eigenvalue weighted by molar-refractivity contribution is 6.34. The van der Waals surface area contributed by atoms with Crippen LogP contribution in [-0.2, 0) is 0 Å². The molecule has 0 aliphatic carbocycles. The fraction of sp³-hybridized carbons (Fsp3) is 0.545. The van der Waals surface area contributed by atoms with Crippen molar-refractivity contribution in [2.45, 2.75) is 39.5 Å². The Morgan fingerprint density at radius 3 is 1.67 bits per heavy atom. The highest BCUT2D eigenvalue weighted by atomic mass is 28.2. The Labute approximate surface area is 77.8 Å². The zero-order chi connectivity index (χ0) is 9.14. The second kappa shape index (κ2) is 3.99. The lowest BCUT2D eigenvalue weighted by Crippen LogP contribution is -1.99. The monoisotopic (exact) mass is 178 g/mol. The van der Waals surface area contributed by atoms with Crippen LogP contribution >= 0.6 is 0 Å². The summed E-state index contributed by atoms with van der Waals surface area (Å²) < 4.78 is 0. The first-order valence-electron chi connectivity index (χ1n) is 4.71. The summed E-state index contributed by atoms with van der Waals surface area (Å²) in [7, 11) is 0.434. The third-order valence-corrected chi connectivity index (χ3v) is 4.63. The van der Waals surface area contributed by atoms with E-state index in [4.69, 9.17) is 0 Å². The maximum Gasteiger partial charge on any atom is 0.0287 e. The third-order valence-electron chi connectivity index (χ3n) is 2.24. The highest BCUT2D eigenvalue weighted by Gasteiger charge is 2.02. The molecule has 1 aromatic heterocycles. The van der Waals surface area contributed by atoms with Gasteiger partial charge >= 0.3 is 0 Å². The van der Waals surface area contributed by atoms with Crippen molar-refractivity contribution >= 4 is 9.12 Å². The van der Waals surface area contributed by atoms with Crippen LogP contribution in [-0.4, -0.2) is 9.12 Å². The van der Waals surface area contributed by atoms with E-state index in [0.717, 1.165) is 11.8 Å². The molecule has 0 aliphatic heterocycles. The van der Waals surface area contributed by atoms with Crippen LogP contribution in [0.15, 0.2) is 18.2 Å². The molecule has 1 rings (SSSR count). The largest absolute Gasteiger partial charge is 0.0641 e. The smallest absolute Gasteiger partial charge is 0.0287 e. The highest BCUT2D eigenvalue weighted by Crippen LogP contribution is 2.15. The molecular formula is C11H18Si. The summed E-state index contributed by atoms with van der Waals surface area (Å²) in [6.07, 6.45) is 0. The van der Waals surface area contributed by atoms with E-state index in [-0.39, 0.29) is 0 Å². The molecule has 0 aromatic carbocycles. The molecule has 0 saturated carbocycles. The van der Waals surface area contributed by atoms with Crippen molar-refractivity contribution in [3.05, 3.63) is 28.5 Å². The van der Waals surface area contributed by atoms with Crippen molar-refractivity contribution in [3.8, 4) is 0 Å². The van der Waals surface area contributed by atoms with E-state index in [9.17, 15) is 0 Å². The van der Waals surface area contributed by atoms with Crippen LogP contribution < -0.4 is 0 Å². The van der Waals surface area contributed by atoms with Gasteiger partial charge in [0.1, 0.15) is 0 Å². The van der Waals surface area contributed by atoms with Crippen molar-refractivity contribution in [1.29, 1.82) is 0 Å². The van der Waals surface area contributed by atoms with Crippen LogP contribution in [0.3, 0.4) is 0 Å². The fourth-order valence-electron chi connectivity index (χ4n) is 1.28. The van der Waals surface area contributed by atoms with Gasteiger partial charge in [-0.15, -0.1) is 0 Å². The maximum absolute atomic E-state index is 2.30. The van der Waals surface area contributed by atoms with E-state index in [2.05, 4.69) is 45.9 Å². The van der Waals surface area contributed by atoms with Gasteiger partial charge in [0.2, 0.25) is 0 Å². The molecule has 1 heteroatoms. The van der Waals surface area contributed by atoms with E-state index in [1.165, 1.54) is 0 Å². The van der Waals surface area contributed by atoms with Crippen LogP contribution in [0.5, 0.6) is 0 Å². The molecule has 66 valence electrons. The van der Waals surface area contributed by atoms with Gasteiger partial charge in [0.05, 0.1) is 0 Å². The average molecular weight is 178 g/mol. The predicted molar refractivity (Wildman–Crippen MR) is 57.4 cm³/mol. The summed E-state index contributed by atoms with van der Waals surface area (Å²) in [5.41, 5.74) is 0. The molecule has 0 atom stereocenters. The van der Waals surface area contributed by atoms with Crippen LogP contribution in [0.2, 0.25) is 0 Å². The molecule has 1 aromatic rings.